The summed E-state index contributed by atoms with van der Waals surface area (Å²) in [4.78, 5) is 11.4. The zero-order chi connectivity index (χ0) is 13.0. The Labute approximate surface area is 112 Å². The zero-order valence-electron chi connectivity index (χ0n) is 8.38. The number of rotatable bonds is 3. The number of hydrogen-bond donors (Lipinski definition) is 3. The Bertz CT molecular complexity index is 454. The van der Waals surface area contributed by atoms with Gasteiger partial charge in [-0.2, -0.15) is 0 Å². The lowest BCUT2D eigenvalue weighted by molar-refractivity contribution is -0.115. The molecule has 8 heteroatoms. The summed E-state index contributed by atoms with van der Waals surface area (Å²) in [6.07, 6.45) is -0.272. The van der Waals surface area contributed by atoms with E-state index in [4.69, 9.17) is 45.7 Å². The van der Waals surface area contributed by atoms with E-state index >= 15 is 0 Å². The second-order valence-electron chi connectivity index (χ2n) is 3.06. The molecule has 1 rings (SSSR count). The van der Waals surface area contributed by atoms with Crippen LogP contribution in [0.5, 0.6) is 0 Å². The van der Waals surface area contributed by atoms with Crippen LogP contribution in [-0.2, 0) is 4.79 Å². The Morgan fingerprint density at radius 2 is 1.88 bits per heavy atom. The number of nitrogens with zero attached hydrogens (tertiary/aromatic N) is 1. The van der Waals surface area contributed by atoms with Gasteiger partial charge in [0, 0.05) is 5.02 Å². The largest absolute Gasteiger partial charge is 0.409 e. The summed E-state index contributed by atoms with van der Waals surface area (Å²) in [5, 5.41) is 14.2. The maximum atomic E-state index is 11.4. The second-order valence-corrected chi connectivity index (χ2v) is 4.31. The van der Waals surface area contributed by atoms with Crippen LogP contribution >= 0.6 is 34.8 Å². The number of hydrogen-bond acceptors (Lipinski definition) is 3. The molecule has 5 nitrogen and oxygen atoms in total. The van der Waals surface area contributed by atoms with E-state index in [1.807, 2.05) is 0 Å². The molecule has 0 unspecified atom stereocenters. The highest BCUT2D eigenvalue weighted by atomic mass is 35.5. The van der Waals surface area contributed by atoms with Crippen molar-refractivity contribution in [3.05, 3.63) is 27.2 Å². The summed E-state index contributed by atoms with van der Waals surface area (Å²) in [6.45, 7) is 0. The third-order valence-corrected chi connectivity index (χ3v) is 2.56. The fourth-order valence-corrected chi connectivity index (χ4v) is 1.96. The molecule has 0 aliphatic heterocycles. The summed E-state index contributed by atoms with van der Waals surface area (Å²) in [7, 11) is 0. The van der Waals surface area contributed by atoms with E-state index in [1.165, 1.54) is 12.1 Å². The van der Waals surface area contributed by atoms with Gasteiger partial charge in [-0.25, -0.2) is 0 Å². The van der Waals surface area contributed by atoms with Crippen molar-refractivity contribution >= 4 is 52.2 Å². The van der Waals surface area contributed by atoms with Gasteiger partial charge in [0.05, 0.1) is 22.2 Å². The molecule has 0 aromatic heterocycles. The van der Waals surface area contributed by atoms with Gasteiger partial charge in [0.25, 0.3) is 0 Å². The minimum atomic E-state index is -0.508. The molecule has 0 radical (unpaired) electrons. The molecule has 0 aliphatic carbocycles. The van der Waals surface area contributed by atoms with Crippen LogP contribution in [0.3, 0.4) is 0 Å². The van der Waals surface area contributed by atoms with E-state index in [0.717, 1.165) is 0 Å². The van der Waals surface area contributed by atoms with Crippen molar-refractivity contribution < 1.29 is 10.0 Å². The maximum Gasteiger partial charge on any atom is 0.232 e. The molecule has 0 fully saturated rings. The molecule has 1 aromatic rings. The first-order chi connectivity index (χ1) is 7.93. The number of carbonyl (C=O) groups is 1. The summed E-state index contributed by atoms with van der Waals surface area (Å²) in [5.41, 5.74) is 5.41. The molecule has 0 bridgehead atoms. The van der Waals surface area contributed by atoms with Crippen molar-refractivity contribution in [2.24, 2.45) is 10.9 Å². The summed E-state index contributed by atoms with van der Waals surface area (Å²) in [5.74, 6) is -0.727. The maximum absolute atomic E-state index is 11.4. The van der Waals surface area contributed by atoms with E-state index < -0.39 is 5.91 Å². The minimum absolute atomic E-state index is 0.204. The van der Waals surface area contributed by atoms with Gasteiger partial charge in [0.1, 0.15) is 5.84 Å². The van der Waals surface area contributed by atoms with Crippen molar-refractivity contribution in [3.8, 4) is 0 Å². The Kier molecular flexibility index (Phi) is 4.86. The smallest absolute Gasteiger partial charge is 0.232 e. The molecule has 1 aromatic carbocycles. The first-order valence-corrected chi connectivity index (χ1v) is 5.48. The van der Waals surface area contributed by atoms with E-state index in [2.05, 4.69) is 10.5 Å². The standard InChI is InChI=1S/C9H8Cl3N3O2/c10-4-1-5(11)9(6(12)2-4)14-8(16)3-7(13)15-17/h1-2,17H,3H2,(H2,13,15)(H,14,16). The molecule has 0 heterocycles. The SMILES string of the molecule is NC(CC(=O)Nc1c(Cl)cc(Cl)cc1Cl)=NO. The van der Waals surface area contributed by atoms with E-state index in [-0.39, 0.29) is 28.0 Å². The molecule has 0 saturated heterocycles. The Hall–Kier alpha value is -1.17. The van der Waals surface area contributed by atoms with Gasteiger partial charge in [-0.1, -0.05) is 40.0 Å². The van der Waals surface area contributed by atoms with Crippen molar-refractivity contribution in [1.82, 2.24) is 0 Å². The Balaban J connectivity index is 2.85. The highest BCUT2D eigenvalue weighted by Gasteiger charge is 2.12. The number of carbonyl (C=O) groups excluding carboxylic acids is 1. The first-order valence-electron chi connectivity index (χ1n) is 4.35. The van der Waals surface area contributed by atoms with Crippen molar-refractivity contribution in [2.75, 3.05) is 5.32 Å². The van der Waals surface area contributed by atoms with E-state index in [9.17, 15) is 4.79 Å². The van der Waals surface area contributed by atoms with Crippen molar-refractivity contribution in [2.45, 2.75) is 6.42 Å². The summed E-state index contributed by atoms with van der Waals surface area (Å²) >= 11 is 17.4. The van der Waals surface area contributed by atoms with Crippen LogP contribution in [0, 0.1) is 0 Å². The van der Waals surface area contributed by atoms with E-state index in [0.29, 0.717) is 5.02 Å². The summed E-state index contributed by atoms with van der Waals surface area (Å²) < 4.78 is 0. The lowest BCUT2D eigenvalue weighted by Crippen LogP contribution is -2.22. The Morgan fingerprint density at radius 3 is 2.35 bits per heavy atom. The number of benzene rings is 1. The molecule has 17 heavy (non-hydrogen) atoms. The number of amides is 1. The normalized spacial score (nSPS) is 11.4. The fraction of sp³-hybridized carbons (Fsp3) is 0.111. The van der Waals surface area contributed by atoms with Gasteiger partial charge in [-0.15, -0.1) is 0 Å². The monoisotopic (exact) mass is 295 g/mol. The van der Waals surface area contributed by atoms with Gasteiger partial charge < -0.3 is 16.3 Å². The topological polar surface area (TPSA) is 87.7 Å². The predicted octanol–water partition coefficient (Wildman–Crippen LogP) is 2.72. The first kappa shape index (κ1) is 13.9. The van der Waals surface area contributed by atoms with Crippen molar-refractivity contribution in [3.63, 3.8) is 0 Å². The minimum Gasteiger partial charge on any atom is -0.409 e. The summed E-state index contributed by atoms with van der Waals surface area (Å²) in [6, 6.07) is 2.88. The molecule has 92 valence electrons. The van der Waals surface area contributed by atoms with Gasteiger partial charge >= 0.3 is 0 Å². The second kappa shape index (κ2) is 5.95. The van der Waals surface area contributed by atoms with Gasteiger partial charge in [-0.3, -0.25) is 4.79 Å². The van der Waals surface area contributed by atoms with E-state index in [1.54, 1.807) is 0 Å². The van der Waals surface area contributed by atoms with Crippen LogP contribution in [0.25, 0.3) is 0 Å². The van der Waals surface area contributed by atoms with Gasteiger partial charge in [0.15, 0.2) is 0 Å². The zero-order valence-corrected chi connectivity index (χ0v) is 10.6. The number of halogens is 3. The van der Waals surface area contributed by atoms with Crippen LogP contribution in [0.1, 0.15) is 6.42 Å². The molecular formula is C9H8Cl3N3O2. The van der Waals surface area contributed by atoms with Gasteiger partial charge in [-0.05, 0) is 12.1 Å². The third kappa shape index (κ3) is 3.96. The number of oxime groups is 1. The average molecular weight is 297 g/mol. The van der Waals surface area contributed by atoms with Crippen LogP contribution in [-0.4, -0.2) is 17.0 Å². The highest BCUT2D eigenvalue weighted by molar-refractivity contribution is 6.42. The van der Waals surface area contributed by atoms with Crippen LogP contribution < -0.4 is 11.1 Å². The Morgan fingerprint density at radius 1 is 1.35 bits per heavy atom. The molecule has 0 atom stereocenters. The van der Waals surface area contributed by atoms with Gasteiger partial charge in [0.2, 0.25) is 5.91 Å². The lowest BCUT2D eigenvalue weighted by atomic mass is 10.3. The average Bonchev–Trinajstić information content (AvgIpc) is 2.23. The molecular weight excluding hydrogens is 288 g/mol. The molecule has 1 amide bonds. The molecule has 0 spiro atoms. The van der Waals surface area contributed by atoms with Crippen LogP contribution in [0.2, 0.25) is 15.1 Å². The predicted molar refractivity (Wildman–Crippen MR) is 68.1 cm³/mol. The van der Waals surface area contributed by atoms with Crippen LogP contribution in [0.15, 0.2) is 17.3 Å². The number of nitrogens with two attached hydrogens (primary N) is 1. The quantitative estimate of drug-likeness (QED) is 0.347. The lowest BCUT2D eigenvalue weighted by Gasteiger charge is -2.09. The number of anilines is 1. The number of nitrogens with one attached hydrogen (secondary N) is 1. The third-order valence-electron chi connectivity index (χ3n) is 1.74. The fourth-order valence-electron chi connectivity index (χ4n) is 1.05. The van der Waals surface area contributed by atoms with Crippen molar-refractivity contribution in [1.29, 1.82) is 0 Å². The molecule has 4 N–H and O–H groups in total. The highest BCUT2D eigenvalue weighted by Crippen LogP contribution is 2.33. The van der Waals surface area contributed by atoms with Crippen LogP contribution in [0.4, 0.5) is 5.69 Å². The number of amidine groups is 1. The molecule has 0 saturated carbocycles. The molecule has 0 aliphatic rings.